The number of nitrogens with zero attached hydrogens (tertiary/aromatic N) is 3. The summed E-state index contributed by atoms with van der Waals surface area (Å²) in [6.45, 7) is 6.13. The molecule has 1 unspecified atom stereocenters. The Morgan fingerprint density at radius 1 is 1.27 bits per heavy atom. The summed E-state index contributed by atoms with van der Waals surface area (Å²) >= 11 is 0. The van der Waals surface area contributed by atoms with E-state index in [1.807, 2.05) is 6.20 Å². The fourth-order valence-electron chi connectivity index (χ4n) is 3.80. The maximum Gasteiger partial charge on any atom is 0.191 e. The summed E-state index contributed by atoms with van der Waals surface area (Å²) < 4.78 is 5.61. The van der Waals surface area contributed by atoms with Gasteiger partial charge in [0.15, 0.2) is 5.96 Å². The molecule has 1 aromatic carbocycles. The summed E-state index contributed by atoms with van der Waals surface area (Å²) in [4.78, 5) is 14.6. The molecule has 0 bridgehead atoms. The van der Waals surface area contributed by atoms with Gasteiger partial charge in [-0.2, -0.15) is 0 Å². The van der Waals surface area contributed by atoms with Crippen molar-refractivity contribution in [1.82, 2.24) is 20.6 Å². The third kappa shape index (κ3) is 4.91. The molecule has 3 N–H and O–H groups in total. The molecule has 158 valence electrons. The van der Waals surface area contributed by atoms with Crippen molar-refractivity contribution in [3.63, 3.8) is 0 Å². The Morgan fingerprint density at radius 2 is 2.17 bits per heavy atom. The van der Waals surface area contributed by atoms with Gasteiger partial charge in [-0.25, -0.2) is 4.98 Å². The highest BCUT2D eigenvalue weighted by Crippen LogP contribution is 2.18. The van der Waals surface area contributed by atoms with Gasteiger partial charge in [-0.3, -0.25) is 4.99 Å². The van der Waals surface area contributed by atoms with Crippen LogP contribution >= 0.6 is 0 Å². The number of hydrogen-bond donors (Lipinski definition) is 3. The monoisotopic (exact) mass is 406 g/mol. The number of nitrogens with one attached hydrogen (secondary N) is 3. The number of aromatic amines is 1. The van der Waals surface area contributed by atoms with Crippen LogP contribution in [0.5, 0.6) is 0 Å². The Labute approximate surface area is 177 Å². The number of pyridine rings is 1. The highest BCUT2D eigenvalue weighted by atomic mass is 16.5. The second-order valence-electron chi connectivity index (χ2n) is 7.61. The quantitative estimate of drug-likeness (QED) is 0.433. The molecule has 0 aliphatic carbocycles. The number of H-pyrrole nitrogens is 1. The maximum atomic E-state index is 5.61. The smallest absolute Gasteiger partial charge is 0.191 e. The number of anilines is 1. The molecule has 0 spiro atoms. The number of hydrogen-bond acceptors (Lipinski definition) is 4. The largest absolute Gasteiger partial charge is 0.375 e. The number of rotatable bonds is 6. The van der Waals surface area contributed by atoms with Gasteiger partial charge in [0.05, 0.1) is 12.7 Å². The number of aliphatic imine (C=N–C) groups is 1. The molecule has 1 aliphatic heterocycles. The zero-order chi connectivity index (χ0) is 20.8. The van der Waals surface area contributed by atoms with Crippen LogP contribution < -0.4 is 15.5 Å². The number of guanidine groups is 1. The van der Waals surface area contributed by atoms with Gasteiger partial charge in [0.1, 0.15) is 5.82 Å². The minimum atomic E-state index is 0.251. The fraction of sp³-hybridized carbons (Fsp3) is 0.391. The van der Waals surface area contributed by atoms with Crippen molar-refractivity contribution in [2.24, 2.45) is 4.99 Å². The van der Waals surface area contributed by atoms with E-state index in [0.29, 0.717) is 6.54 Å². The summed E-state index contributed by atoms with van der Waals surface area (Å²) in [5.41, 5.74) is 3.61. The van der Waals surface area contributed by atoms with Crippen molar-refractivity contribution >= 4 is 22.7 Å². The van der Waals surface area contributed by atoms with Gasteiger partial charge in [-0.05, 0) is 36.6 Å². The van der Waals surface area contributed by atoms with Crippen molar-refractivity contribution < 1.29 is 4.74 Å². The Balaban J connectivity index is 1.25. The molecular weight excluding hydrogens is 376 g/mol. The number of benzene rings is 1. The summed E-state index contributed by atoms with van der Waals surface area (Å²) in [7, 11) is 1.79. The Morgan fingerprint density at radius 3 is 2.97 bits per heavy atom. The molecule has 1 atom stereocenters. The topological polar surface area (TPSA) is 77.6 Å². The van der Waals surface area contributed by atoms with Gasteiger partial charge in [-0.1, -0.05) is 24.3 Å². The van der Waals surface area contributed by atoms with E-state index in [2.05, 4.69) is 80.0 Å². The SMILES string of the molecule is CN=C(NCCc1c[nH]c2ccccc12)NCc1ccc(N2CCOC(C)C2)nc1. The maximum absolute atomic E-state index is 5.61. The van der Waals surface area contributed by atoms with Crippen LogP contribution in [0.1, 0.15) is 18.1 Å². The molecule has 3 aromatic rings. The average Bonchev–Trinajstić information content (AvgIpc) is 3.19. The van der Waals surface area contributed by atoms with Gasteiger partial charge in [0, 0.05) is 56.5 Å². The molecule has 1 aliphatic rings. The van der Waals surface area contributed by atoms with Crippen molar-refractivity contribution in [2.75, 3.05) is 38.2 Å². The summed E-state index contributed by atoms with van der Waals surface area (Å²) in [5, 5.41) is 8.04. The third-order valence-corrected chi connectivity index (χ3v) is 5.42. The minimum absolute atomic E-state index is 0.251. The Bertz CT molecular complexity index is 981. The molecule has 0 saturated carbocycles. The normalized spacial score (nSPS) is 17.3. The van der Waals surface area contributed by atoms with Crippen LogP contribution in [-0.2, 0) is 17.7 Å². The molecule has 0 amide bonds. The molecule has 4 rings (SSSR count). The van der Waals surface area contributed by atoms with Crippen LogP contribution in [0.3, 0.4) is 0 Å². The van der Waals surface area contributed by atoms with Gasteiger partial charge < -0.3 is 25.3 Å². The van der Waals surface area contributed by atoms with Crippen LogP contribution in [0.4, 0.5) is 5.82 Å². The molecule has 2 aromatic heterocycles. The highest BCUT2D eigenvalue weighted by molar-refractivity contribution is 5.83. The number of ether oxygens (including phenoxy) is 1. The van der Waals surface area contributed by atoms with Crippen LogP contribution in [0.25, 0.3) is 10.9 Å². The van der Waals surface area contributed by atoms with Gasteiger partial charge in [-0.15, -0.1) is 0 Å². The van der Waals surface area contributed by atoms with E-state index in [0.717, 1.165) is 50.0 Å². The Hall–Kier alpha value is -3.06. The lowest BCUT2D eigenvalue weighted by Gasteiger charge is -2.32. The zero-order valence-corrected chi connectivity index (χ0v) is 17.7. The molecule has 7 nitrogen and oxygen atoms in total. The van der Waals surface area contributed by atoms with E-state index in [1.165, 1.54) is 16.5 Å². The average molecular weight is 407 g/mol. The van der Waals surface area contributed by atoms with Gasteiger partial charge in [0.25, 0.3) is 0 Å². The van der Waals surface area contributed by atoms with Crippen LogP contribution in [-0.4, -0.2) is 55.3 Å². The number of aromatic nitrogens is 2. The first kappa shape index (κ1) is 20.2. The highest BCUT2D eigenvalue weighted by Gasteiger charge is 2.17. The first-order valence-electron chi connectivity index (χ1n) is 10.5. The number of fused-ring (bicyclic) bond motifs is 1. The number of morpholine rings is 1. The zero-order valence-electron chi connectivity index (χ0n) is 17.7. The van der Waals surface area contributed by atoms with Crippen molar-refractivity contribution in [3.8, 4) is 0 Å². The third-order valence-electron chi connectivity index (χ3n) is 5.42. The van der Waals surface area contributed by atoms with E-state index < -0.39 is 0 Å². The van der Waals surface area contributed by atoms with Crippen molar-refractivity contribution in [3.05, 3.63) is 59.9 Å². The standard InChI is InChI=1S/C23H30N6O/c1-17-16-29(11-12-30-17)22-8-7-18(13-27-22)14-28-23(24-2)25-10-9-19-15-26-21-6-4-3-5-20(19)21/h3-8,13,15,17,26H,9-12,14,16H2,1-2H3,(H2,24,25,28). The second-order valence-corrected chi connectivity index (χ2v) is 7.61. The lowest BCUT2D eigenvalue weighted by Crippen LogP contribution is -2.41. The van der Waals surface area contributed by atoms with E-state index >= 15 is 0 Å². The summed E-state index contributed by atoms with van der Waals surface area (Å²) in [6, 6.07) is 12.6. The van der Waals surface area contributed by atoms with Gasteiger partial charge in [0.2, 0.25) is 0 Å². The van der Waals surface area contributed by atoms with Gasteiger partial charge >= 0.3 is 0 Å². The molecule has 7 heteroatoms. The molecule has 1 saturated heterocycles. The number of para-hydroxylation sites is 1. The predicted octanol–water partition coefficient (Wildman–Crippen LogP) is 2.70. The van der Waals surface area contributed by atoms with Crippen LogP contribution in [0.2, 0.25) is 0 Å². The lowest BCUT2D eigenvalue weighted by atomic mass is 10.1. The molecular formula is C23H30N6O. The van der Waals surface area contributed by atoms with E-state index in [1.54, 1.807) is 7.05 Å². The van der Waals surface area contributed by atoms with E-state index in [9.17, 15) is 0 Å². The van der Waals surface area contributed by atoms with E-state index in [-0.39, 0.29) is 6.10 Å². The summed E-state index contributed by atoms with van der Waals surface area (Å²) in [5.74, 6) is 1.80. The predicted molar refractivity (Wildman–Crippen MR) is 122 cm³/mol. The van der Waals surface area contributed by atoms with E-state index in [4.69, 9.17) is 4.74 Å². The molecule has 3 heterocycles. The first-order valence-corrected chi connectivity index (χ1v) is 10.5. The van der Waals surface area contributed by atoms with Crippen molar-refractivity contribution in [1.29, 1.82) is 0 Å². The fourth-order valence-corrected chi connectivity index (χ4v) is 3.80. The summed E-state index contributed by atoms with van der Waals surface area (Å²) in [6.07, 6.45) is 5.20. The minimum Gasteiger partial charge on any atom is -0.375 e. The van der Waals surface area contributed by atoms with Crippen LogP contribution in [0.15, 0.2) is 53.8 Å². The Kier molecular flexibility index (Phi) is 6.49. The molecule has 30 heavy (non-hydrogen) atoms. The lowest BCUT2D eigenvalue weighted by molar-refractivity contribution is 0.0529. The molecule has 1 fully saturated rings. The second kappa shape index (κ2) is 9.63. The van der Waals surface area contributed by atoms with Crippen LogP contribution in [0, 0.1) is 0 Å². The first-order chi connectivity index (χ1) is 14.7. The molecule has 0 radical (unpaired) electrons. The van der Waals surface area contributed by atoms with Crippen molar-refractivity contribution in [2.45, 2.75) is 26.0 Å².